The van der Waals surface area contributed by atoms with Crippen LogP contribution < -0.4 is 5.73 Å². The molecular weight excluding hydrogens is 253 g/mol. The van der Waals surface area contributed by atoms with Gasteiger partial charge in [-0.05, 0) is 43.5 Å². The molecule has 1 fully saturated rings. The molecule has 2 nitrogen and oxygen atoms in total. The van der Waals surface area contributed by atoms with Crippen LogP contribution in [0.2, 0.25) is 5.02 Å². The van der Waals surface area contributed by atoms with Crippen LogP contribution >= 0.6 is 11.6 Å². The highest BCUT2D eigenvalue weighted by Crippen LogP contribution is 2.41. The largest absolute Gasteiger partial charge is 0.375 e. The highest BCUT2D eigenvalue weighted by molar-refractivity contribution is 6.31. The maximum Gasteiger partial charge on any atom is 0.123 e. The number of halogens is 2. The van der Waals surface area contributed by atoms with E-state index in [4.69, 9.17) is 22.1 Å². The van der Waals surface area contributed by atoms with Crippen molar-refractivity contribution in [1.82, 2.24) is 0 Å². The molecule has 0 amide bonds. The Kier molecular flexibility index (Phi) is 3.95. The Hall–Kier alpha value is -0.640. The first-order valence-corrected chi connectivity index (χ1v) is 6.65. The third kappa shape index (κ3) is 2.40. The molecule has 18 heavy (non-hydrogen) atoms. The van der Waals surface area contributed by atoms with Crippen LogP contribution in [0.15, 0.2) is 18.2 Å². The van der Waals surface area contributed by atoms with Crippen molar-refractivity contribution in [2.24, 2.45) is 17.6 Å². The highest BCUT2D eigenvalue weighted by Gasteiger charge is 2.41. The monoisotopic (exact) mass is 271 g/mol. The maximum absolute atomic E-state index is 13.3. The standard InChI is InChI=1S/C14H19ClFNO/c1-7-8(2)18-9(3)13(7)14(17)11-6-10(16)4-5-12(11)15/h4-9,13-14H,17H2,1-3H3. The van der Waals surface area contributed by atoms with E-state index in [0.29, 0.717) is 16.5 Å². The van der Waals surface area contributed by atoms with E-state index < -0.39 is 0 Å². The average molecular weight is 272 g/mol. The van der Waals surface area contributed by atoms with E-state index in [2.05, 4.69) is 6.92 Å². The molecule has 0 aliphatic carbocycles. The molecule has 1 saturated heterocycles. The topological polar surface area (TPSA) is 35.2 Å². The summed E-state index contributed by atoms with van der Waals surface area (Å²) in [6.45, 7) is 6.17. The SMILES string of the molecule is CC1OC(C)C(C(N)c2cc(F)ccc2Cl)C1C. The van der Waals surface area contributed by atoms with Crippen molar-refractivity contribution in [3.8, 4) is 0 Å². The van der Waals surface area contributed by atoms with Crippen LogP contribution in [0.1, 0.15) is 32.4 Å². The van der Waals surface area contributed by atoms with E-state index in [1.807, 2.05) is 13.8 Å². The third-order valence-electron chi connectivity index (χ3n) is 4.05. The number of benzene rings is 1. The Bertz CT molecular complexity index is 440. The molecule has 5 unspecified atom stereocenters. The zero-order valence-electron chi connectivity index (χ0n) is 10.9. The predicted molar refractivity (Wildman–Crippen MR) is 71.0 cm³/mol. The van der Waals surface area contributed by atoms with E-state index in [9.17, 15) is 4.39 Å². The summed E-state index contributed by atoms with van der Waals surface area (Å²) in [6, 6.07) is 4.03. The van der Waals surface area contributed by atoms with Gasteiger partial charge < -0.3 is 10.5 Å². The highest BCUT2D eigenvalue weighted by atomic mass is 35.5. The molecule has 1 aromatic rings. The molecule has 1 aliphatic heterocycles. The van der Waals surface area contributed by atoms with Gasteiger partial charge in [-0.15, -0.1) is 0 Å². The summed E-state index contributed by atoms with van der Waals surface area (Å²) in [5, 5.41) is 0.517. The minimum absolute atomic E-state index is 0.0596. The molecule has 1 aromatic carbocycles. The molecule has 2 rings (SSSR count). The van der Waals surface area contributed by atoms with Crippen LogP contribution in [-0.4, -0.2) is 12.2 Å². The summed E-state index contributed by atoms with van der Waals surface area (Å²) in [5.74, 6) is 0.172. The molecule has 4 heteroatoms. The van der Waals surface area contributed by atoms with Gasteiger partial charge in [-0.2, -0.15) is 0 Å². The quantitative estimate of drug-likeness (QED) is 0.893. The lowest BCUT2D eigenvalue weighted by molar-refractivity contribution is 0.0489. The number of ether oxygens (including phenoxy) is 1. The van der Waals surface area contributed by atoms with Crippen LogP contribution in [0.25, 0.3) is 0 Å². The summed E-state index contributed by atoms with van der Waals surface area (Å²) in [7, 11) is 0. The Morgan fingerprint density at radius 2 is 1.94 bits per heavy atom. The minimum atomic E-state index is -0.308. The van der Waals surface area contributed by atoms with Gasteiger partial charge >= 0.3 is 0 Å². The van der Waals surface area contributed by atoms with Crippen LogP contribution in [0, 0.1) is 17.7 Å². The van der Waals surface area contributed by atoms with E-state index in [0.717, 1.165) is 0 Å². The van der Waals surface area contributed by atoms with Crippen LogP contribution in [0.4, 0.5) is 4.39 Å². The summed E-state index contributed by atoms with van der Waals surface area (Å²) in [6.07, 6.45) is 0.229. The van der Waals surface area contributed by atoms with Gasteiger partial charge in [0.25, 0.3) is 0 Å². The van der Waals surface area contributed by atoms with Gasteiger partial charge in [0.05, 0.1) is 12.2 Å². The summed E-state index contributed by atoms with van der Waals surface area (Å²) in [4.78, 5) is 0. The molecule has 1 aliphatic rings. The van der Waals surface area contributed by atoms with E-state index in [1.165, 1.54) is 12.1 Å². The second kappa shape index (κ2) is 5.16. The van der Waals surface area contributed by atoms with Crippen molar-refractivity contribution in [3.05, 3.63) is 34.6 Å². The molecule has 0 spiro atoms. The second-order valence-electron chi connectivity index (χ2n) is 5.17. The fourth-order valence-corrected chi connectivity index (χ4v) is 3.13. The minimum Gasteiger partial charge on any atom is -0.375 e. The van der Waals surface area contributed by atoms with Crippen LogP contribution in [0.5, 0.6) is 0 Å². The molecule has 1 heterocycles. The van der Waals surface area contributed by atoms with Crippen molar-refractivity contribution in [2.45, 2.75) is 39.0 Å². The first-order valence-electron chi connectivity index (χ1n) is 6.27. The Morgan fingerprint density at radius 1 is 1.28 bits per heavy atom. The number of hydrogen-bond donors (Lipinski definition) is 1. The maximum atomic E-state index is 13.3. The molecule has 0 saturated carbocycles. The van der Waals surface area contributed by atoms with Gasteiger partial charge in [0.2, 0.25) is 0 Å². The second-order valence-corrected chi connectivity index (χ2v) is 5.58. The normalized spacial score (nSPS) is 33.7. The Balaban J connectivity index is 2.30. The summed E-state index contributed by atoms with van der Waals surface area (Å²) >= 11 is 6.11. The number of hydrogen-bond acceptors (Lipinski definition) is 2. The summed E-state index contributed by atoms with van der Waals surface area (Å²) in [5.41, 5.74) is 6.95. The fraction of sp³-hybridized carbons (Fsp3) is 0.571. The van der Waals surface area contributed by atoms with Gasteiger partial charge in [-0.25, -0.2) is 4.39 Å². The third-order valence-corrected chi connectivity index (χ3v) is 4.39. The van der Waals surface area contributed by atoms with Crippen molar-refractivity contribution in [3.63, 3.8) is 0 Å². The molecule has 2 N–H and O–H groups in total. The van der Waals surface area contributed by atoms with E-state index in [1.54, 1.807) is 6.07 Å². The van der Waals surface area contributed by atoms with Gasteiger partial charge in [-0.1, -0.05) is 18.5 Å². The van der Waals surface area contributed by atoms with Crippen LogP contribution in [-0.2, 0) is 4.74 Å². The van der Waals surface area contributed by atoms with Crippen molar-refractivity contribution < 1.29 is 9.13 Å². The van der Waals surface area contributed by atoms with Gasteiger partial charge in [0.1, 0.15) is 5.82 Å². The Morgan fingerprint density at radius 3 is 2.50 bits per heavy atom. The van der Waals surface area contributed by atoms with E-state index >= 15 is 0 Å². The number of nitrogens with two attached hydrogens (primary N) is 1. The van der Waals surface area contributed by atoms with Gasteiger partial charge in [0, 0.05) is 17.0 Å². The zero-order valence-corrected chi connectivity index (χ0v) is 11.6. The van der Waals surface area contributed by atoms with Crippen molar-refractivity contribution >= 4 is 11.6 Å². The zero-order chi connectivity index (χ0) is 13.4. The first-order chi connectivity index (χ1) is 8.41. The Labute approximate surface area is 112 Å². The van der Waals surface area contributed by atoms with Gasteiger partial charge in [0.15, 0.2) is 0 Å². The number of rotatable bonds is 2. The van der Waals surface area contributed by atoms with Gasteiger partial charge in [-0.3, -0.25) is 0 Å². The molecule has 0 radical (unpaired) electrons. The van der Waals surface area contributed by atoms with Crippen LogP contribution in [0.3, 0.4) is 0 Å². The molecular formula is C14H19ClFNO. The first kappa shape index (κ1) is 13.8. The smallest absolute Gasteiger partial charge is 0.123 e. The van der Waals surface area contributed by atoms with Crippen molar-refractivity contribution in [2.75, 3.05) is 0 Å². The fourth-order valence-electron chi connectivity index (χ4n) is 2.89. The molecule has 0 aromatic heterocycles. The molecule has 0 bridgehead atoms. The lowest BCUT2D eigenvalue weighted by atomic mass is 9.81. The lowest BCUT2D eigenvalue weighted by Crippen LogP contribution is -2.31. The molecule has 5 atom stereocenters. The lowest BCUT2D eigenvalue weighted by Gasteiger charge is -2.26. The van der Waals surface area contributed by atoms with E-state index in [-0.39, 0.29) is 30.0 Å². The predicted octanol–water partition coefficient (Wildman–Crippen LogP) is 3.54. The van der Waals surface area contributed by atoms with Crippen molar-refractivity contribution in [1.29, 1.82) is 0 Å². The molecule has 100 valence electrons. The average Bonchev–Trinajstić information content (AvgIpc) is 2.56. The summed E-state index contributed by atoms with van der Waals surface area (Å²) < 4.78 is 19.1.